The van der Waals surface area contributed by atoms with E-state index >= 15 is 0 Å². The Bertz CT molecular complexity index is 146. The van der Waals surface area contributed by atoms with Crippen molar-refractivity contribution in [3.05, 3.63) is 0 Å². The molecule has 0 aromatic carbocycles. The zero-order valence-electron chi connectivity index (χ0n) is 7.15. The van der Waals surface area contributed by atoms with Gasteiger partial charge in [-0.25, -0.2) is 0 Å². The second-order valence-electron chi connectivity index (χ2n) is 4.35. The van der Waals surface area contributed by atoms with Crippen molar-refractivity contribution in [1.82, 2.24) is 4.81 Å². The lowest BCUT2D eigenvalue weighted by Gasteiger charge is -2.52. The molecule has 0 atom stereocenters. The van der Waals surface area contributed by atoms with Crippen molar-refractivity contribution in [2.24, 2.45) is 5.41 Å². The van der Waals surface area contributed by atoms with Crippen molar-refractivity contribution < 1.29 is 0 Å². The minimum atomic E-state index is 0.774. The Kier molecular flexibility index (Phi) is 2.21. The minimum Gasteiger partial charge on any atom is -0.348 e. The van der Waals surface area contributed by atoms with Crippen molar-refractivity contribution in [2.45, 2.75) is 29.6 Å². The lowest BCUT2D eigenvalue weighted by Crippen LogP contribution is -2.56. The van der Waals surface area contributed by atoms with Gasteiger partial charge in [0.05, 0.1) is 0 Å². The lowest BCUT2D eigenvalue weighted by atomic mass is 9.67. The number of hydrogen-bond acceptors (Lipinski definition) is 1. The molecule has 1 aliphatic heterocycles. The van der Waals surface area contributed by atoms with Gasteiger partial charge >= 0.3 is 0 Å². The van der Waals surface area contributed by atoms with Gasteiger partial charge in [-0.05, 0) is 44.2 Å². The van der Waals surface area contributed by atoms with E-state index in [1.165, 1.54) is 38.8 Å². The Labute approximate surface area is 83.5 Å². The Morgan fingerprint density at radius 2 is 1.82 bits per heavy atom. The minimum absolute atomic E-state index is 0.774. The molecule has 0 N–H and O–H groups in total. The summed E-state index contributed by atoms with van der Waals surface area (Å²) < 4.78 is 0.976. The van der Waals surface area contributed by atoms with E-state index in [0.29, 0.717) is 0 Å². The third kappa shape index (κ3) is 1.59. The number of alkyl halides is 1. The van der Waals surface area contributed by atoms with Crippen LogP contribution < -0.4 is 0 Å². The maximum absolute atomic E-state index is 2.61. The normalized spacial score (nSPS) is 32.1. The molecule has 62 valence electrons. The molecule has 2 aliphatic rings. The summed E-state index contributed by atoms with van der Waals surface area (Å²) in [5.74, 6) is 0. The van der Waals surface area contributed by atoms with Crippen LogP contribution in [0.3, 0.4) is 0 Å². The van der Waals surface area contributed by atoms with Gasteiger partial charge in [0.15, 0.2) is 7.98 Å². The van der Waals surface area contributed by atoms with Crippen molar-refractivity contribution >= 4 is 30.6 Å². The summed E-state index contributed by atoms with van der Waals surface area (Å²) in [7, 11) is 2.24. The van der Waals surface area contributed by atoms with Crippen LogP contribution in [-0.2, 0) is 0 Å². The van der Waals surface area contributed by atoms with Crippen LogP contribution in [0.2, 0.25) is 0 Å². The highest BCUT2D eigenvalue weighted by molar-refractivity contribution is 14.1. The molecule has 1 saturated heterocycles. The van der Waals surface area contributed by atoms with Crippen molar-refractivity contribution in [3.8, 4) is 0 Å². The summed E-state index contributed by atoms with van der Waals surface area (Å²) in [6.45, 7) is 2.74. The number of hydrogen-bond donors (Lipinski definition) is 0. The first-order valence-corrected chi connectivity index (χ1v) is 5.77. The van der Waals surface area contributed by atoms with Gasteiger partial charge < -0.3 is 4.81 Å². The summed E-state index contributed by atoms with van der Waals surface area (Å²) >= 11 is 2.61. The molecule has 2 rings (SSSR count). The Morgan fingerprint density at radius 1 is 1.27 bits per heavy atom. The Morgan fingerprint density at radius 3 is 2.27 bits per heavy atom. The highest BCUT2D eigenvalue weighted by atomic mass is 127. The first-order chi connectivity index (χ1) is 5.20. The predicted octanol–water partition coefficient (Wildman–Crippen LogP) is 1.21. The fraction of sp³-hybridized carbons (Fsp3) is 1.00. The molecule has 0 aromatic heterocycles. The van der Waals surface area contributed by atoms with Gasteiger partial charge in [-0.3, -0.25) is 0 Å². The van der Waals surface area contributed by atoms with Crippen LogP contribution in [0.5, 0.6) is 0 Å². The third-order valence-corrected chi connectivity index (χ3v) is 4.43. The van der Waals surface area contributed by atoms with Gasteiger partial charge in [-0.15, -0.1) is 0 Å². The molecule has 3 heteroatoms. The van der Waals surface area contributed by atoms with E-state index in [4.69, 9.17) is 0 Å². The molecular formula is C8H15BIN. The summed E-state index contributed by atoms with van der Waals surface area (Å²) in [6, 6.07) is 0. The average molecular weight is 263 g/mol. The summed E-state index contributed by atoms with van der Waals surface area (Å²) in [6.07, 6.45) is 5.92. The molecule has 0 radical (unpaired) electrons. The first kappa shape index (κ1) is 8.36. The van der Waals surface area contributed by atoms with Crippen LogP contribution in [0, 0.1) is 5.41 Å². The summed E-state index contributed by atoms with van der Waals surface area (Å²) in [4.78, 5) is 2.45. The van der Waals surface area contributed by atoms with E-state index in [1.54, 1.807) is 0 Å². The highest BCUT2D eigenvalue weighted by Gasteiger charge is 2.42. The number of rotatable bonds is 0. The maximum Gasteiger partial charge on any atom is 0.185 e. The average Bonchev–Trinajstić information content (AvgIpc) is 1.92. The van der Waals surface area contributed by atoms with Crippen LogP contribution in [0.1, 0.15) is 25.7 Å². The van der Waals surface area contributed by atoms with Gasteiger partial charge in [0.1, 0.15) is 0 Å². The van der Waals surface area contributed by atoms with Gasteiger partial charge in [0.2, 0.25) is 0 Å². The van der Waals surface area contributed by atoms with Gasteiger partial charge in [0, 0.05) is 3.92 Å². The van der Waals surface area contributed by atoms with Crippen LogP contribution in [0.25, 0.3) is 0 Å². The first-order valence-electron chi connectivity index (χ1n) is 4.53. The SMILES string of the molecule is BN1CC2(CCC(I)CC2)C1. The second kappa shape index (κ2) is 2.91. The molecule has 1 saturated carbocycles. The van der Waals surface area contributed by atoms with E-state index < -0.39 is 0 Å². The summed E-state index contributed by atoms with van der Waals surface area (Å²) in [5.41, 5.74) is 0.774. The highest BCUT2D eigenvalue weighted by Crippen LogP contribution is 2.44. The fourth-order valence-electron chi connectivity index (χ4n) is 2.61. The van der Waals surface area contributed by atoms with Gasteiger partial charge in [0.25, 0.3) is 0 Å². The molecule has 0 amide bonds. The van der Waals surface area contributed by atoms with E-state index in [9.17, 15) is 0 Å². The molecule has 1 heterocycles. The number of nitrogens with zero attached hydrogens (tertiary/aromatic N) is 1. The number of halogens is 1. The van der Waals surface area contributed by atoms with Crippen molar-refractivity contribution in [1.29, 1.82) is 0 Å². The van der Waals surface area contributed by atoms with Gasteiger partial charge in [-0.2, -0.15) is 0 Å². The molecule has 2 fully saturated rings. The predicted molar refractivity (Wildman–Crippen MR) is 58.8 cm³/mol. The quantitative estimate of drug-likeness (QED) is 0.361. The molecular weight excluding hydrogens is 248 g/mol. The van der Waals surface area contributed by atoms with E-state index in [0.717, 1.165) is 9.34 Å². The molecule has 11 heavy (non-hydrogen) atoms. The molecule has 0 aromatic rings. The topological polar surface area (TPSA) is 3.24 Å². The zero-order valence-corrected chi connectivity index (χ0v) is 9.30. The standard InChI is InChI=1S/C8H15BIN/c9-11-5-8(6-11)3-1-7(10)2-4-8/h7H,1-6,9H2. The van der Waals surface area contributed by atoms with E-state index in [2.05, 4.69) is 35.4 Å². The molecule has 1 spiro atoms. The molecule has 1 aliphatic carbocycles. The largest absolute Gasteiger partial charge is 0.348 e. The van der Waals surface area contributed by atoms with Crippen LogP contribution in [0.15, 0.2) is 0 Å². The van der Waals surface area contributed by atoms with Crippen molar-refractivity contribution in [2.75, 3.05) is 13.1 Å². The summed E-state index contributed by atoms with van der Waals surface area (Å²) in [5, 5.41) is 0. The van der Waals surface area contributed by atoms with Gasteiger partial charge in [-0.1, -0.05) is 22.6 Å². The van der Waals surface area contributed by atoms with E-state index in [1.807, 2.05) is 0 Å². The van der Waals surface area contributed by atoms with Crippen LogP contribution >= 0.6 is 22.6 Å². The third-order valence-electron chi connectivity index (χ3n) is 3.19. The molecule has 0 bridgehead atoms. The Balaban J connectivity index is 1.88. The Hall–Kier alpha value is 0.755. The van der Waals surface area contributed by atoms with Crippen LogP contribution in [0.4, 0.5) is 0 Å². The molecule has 0 unspecified atom stereocenters. The molecule has 1 nitrogen and oxygen atoms in total. The van der Waals surface area contributed by atoms with Crippen LogP contribution in [-0.4, -0.2) is 29.8 Å². The second-order valence-corrected chi connectivity index (χ2v) is 6.11. The fourth-order valence-corrected chi connectivity index (χ4v) is 3.23. The lowest BCUT2D eigenvalue weighted by molar-refractivity contribution is 0.0345. The van der Waals surface area contributed by atoms with Crippen molar-refractivity contribution in [3.63, 3.8) is 0 Å². The monoisotopic (exact) mass is 263 g/mol. The maximum atomic E-state index is 2.61. The smallest absolute Gasteiger partial charge is 0.185 e. The van der Waals surface area contributed by atoms with E-state index in [-0.39, 0.29) is 0 Å². The zero-order chi connectivity index (χ0) is 7.90.